The lowest BCUT2D eigenvalue weighted by molar-refractivity contribution is 0.0880. The Morgan fingerprint density at radius 3 is 2.60 bits per heavy atom. The quantitative estimate of drug-likeness (QED) is 0.812. The second kappa shape index (κ2) is 7.86. The van der Waals surface area contributed by atoms with E-state index in [9.17, 15) is 13.2 Å². The molecule has 2 aliphatic rings. The van der Waals surface area contributed by atoms with Crippen molar-refractivity contribution >= 4 is 15.7 Å². The summed E-state index contributed by atoms with van der Waals surface area (Å²) in [6.07, 6.45) is 5.21. The van der Waals surface area contributed by atoms with E-state index in [0.29, 0.717) is 23.2 Å². The third-order valence-electron chi connectivity index (χ3n) is 5.29. The molecule has 8 heteroatoms. The average molecular weight is 369 g/mol. The van der Waals surface area contributed by atoms with Crippen molar-refractivity contribution in [3.63, 3.8) is 0 Å². The summed E-state index contributed by atoms with van der Waals surface area (Å²) in [6, 6.07) is 2.38. The van der Waals surface area contributed by atoms with E-state index in [1.807, 2.05) is 6.07 Å². The Balaban J connectivity index is 1.45. The monoisotopic (exact) mass is 368 g/mol. The minimum absolute atomic E-state index is 0.110. The average Bonchev–Trinajstić information content (AvgIpc) is 3.05. The van der Waals surface area contributed by atoms with Gasteiger partial charge in [-0.15, -0.1) is 0 Å². The van der Waals surface area contributed by atoms with Crippen LogP contribution in [0.1, 0.15) is 55.2 Å². The number of likely N-dealkylation sites (tertiary alicyclic amines) is 1. The Kier molecular flexibility index (Phi) is 5.78. The summed E-state index contributed by atoms with van der Waals surface area (Å²) in [5, 5.41) is 10.1. The zero-order valence-electron chi connectivity index (χ0n) is 14.8. The van der Waals surface area contributed by atoms with Crippen LogP contribution in [0.25, 0.3) is 0 Å². The molecule has 2 saturated heterocycles. The number of rotatable bonds is 5. The molecule has 0 spiro atoms. The Labute approximate surface area is 149 Å². The third-order valence-corrected chi connectivity index (χ3v) is 7.00. The topological polar surface area (TPSA) is 95.2 Å². The summed E-state index contributed by atoms with van der Waals surface area (Å²) < 4.78 is 23.1. The molecule has 25 heavy (non-hydrogen) atoms. The van der Waals surface area contributed by atoms with Crippen molar-refractivity contribution in [3.8, 4) is 0 Å². The molecule has 0 aliphatic carbocycles. The zero-order chi connectivity index (χ0) is 17.9. The number of amides is 1. The van der Waals surface area contributed by atoms with Crippen LogP contribution in [0.2, 0.25) is 0 Å². The highest BCUT2D eigenvalue weighted by Gasteiger charge is 2.31. The number of aromatic nitrogens is 2. The number of aromatic amines is 1. The molecular formula is C17H28N4O3S. The number of carbonyl (C=O) groups excluding carboxylic acids is 1. The van der Waals surface area contributed by atoms with Crippen LogP contribution in [0.5, 0.6) is 0 Å². The molecule has 3 rings (SSSR count). The number of sulfone groups is 1. The first-order chi connectivity index (χ1) is 12.0. The normalized spacial score (nSPS) is 22.8. The molecule has 0 radical (unpaired) electrons. The van der Waals surface area contributed by atoms with E-state index in [1.165, 1.54) is 0 Å². The van der Waals surface area contributed by atoms with Gasteiger partial charge in [0.25, 0.3) is 5.91 Å². The summed E-state index contributed by atoms with van der Waals surface area (Å²) in [7, 11) is -2.81. The summed E-state index contributed by atoms with van der Waals surface area (Å²) >= 11 is 0. The van der Waals surface area contributed by atoms with Gasteiger partial charge in [0, 0.05) is 30.9 Å². The highest BCUT2D eigenvalue weighted by Crippen LogP contribution is 2.22. The van der Waals surface area contributed by atoms with Crippen molar-refractivity contribution in [1.82, 2.24) is 20.4 Å². The molecule has 1 aromatic heterocycles. The fourth-order valence-electron chi connectivity index (χ4n) is 3.79. The van der Waals surface area contributed by atoms with E-state index in [1.54, 1.807) is 0 Å². The fraction of sp³-hybridized carbons (Fsp3) is 0.765. The lowest BCUT2D eigenvalue weighted by Crippen LogP contribution is -2.49. The second-order valence-electron chi connectivity index (χ2n) is 7.20. The van der Waals surface area contributed by atoms with Crippen LogP contribution < -0.4 is 5.32 Å². The molecule has 7 nitrogen and oxygen atoms in total. The number of nitrogens with zero attached hydrogens (tertiary/aromatic N) is 2. The van der Waals surface area contributed by atoms with Crippen LogP contribution in [0.3, 0.4) is 0 Å². The molecule has 140 valence electrons. The number of hydrogen-bond donors (Lipinski definition) is 2. The largest absolute Gasteiger partial charge is 0.348 e. The number of carbonyl (C=O) groups is 1. The molecule has 2 N–H and O–H groups in total. The van der Waals surface area contributed by atoms with Crippen molar-refractivity contribution in [2.24, 2.45) is 0 Å². The van der Waals surface area contributed by atoms with Gasteiger partial charge in [0.05, 0.1) is 11.5 Å². The predicted molar refractivity (Wildman–Crippen MR) is 96.3 cm³/mol. The van der Waals surface area contributed by atoms with E-state index < -0.39 is 9.84 Å². The molecule has 2 aliphatic heterocycles. The molecule has 0 atom stereocenters. The van der Waals surface area contributed by atoms with E-state index >= 15 is 0 Å². The highest BCUT2D eigenvalue weighted by molar-refractivity contribution is 7.91. The second-order valence-corrected chi connectivity index (χ2v) is 9.50. The van der Waals surface area contributed by atoms with Crippen LogP contribution in [-0.2, 0) is 16.3 Å². The van der Waals surface area contributed by atoms with Gasteiger partial charge in [-0.25, -0.2) is 8.42 Å². The molecule has 0 bridgehead atoms. The fourth-order valence-corrected chi connectivity index (χ4v) is 5.25. The zero-order valence-corrected chi connectivity index (χ0v) is 15.6. The summed E-state index contributed by atoms with van der Waals surface area (Å²) in [6.45, 7) is 3.92. The first-order valence-corrected chi connectivity index (χ1v) is 11.1. The Hall–Kier alpha value is -1.41. The van der Waals surface area contributed by atoms with Gasteiger partial charge < -0.3 is 10.2 Å². The Morgan fingerprint density at radius 2 is 1.96 bits per heavy atom. The SMILES string of the molecule is CCCc1cc(C(=O)NC2CCN(C3CCS(=O)(=O)CC3)CC2)n[nH]1. The van der Waals surface area contributed by atoms with Crippen molar-refractivity contribution in [1.29, 1.82) is 0 Å². The highest BCUT2D eigenvalue weighted by atomic mass is 32.2. The van der Waals surface area contributed by atoms with Gasteiger partial charge in [0.15, 0.2) is 0 Å². The number of piperidine rings is 1. The standard InChI is InChI=1S/C17H28N4O3S/c1-2-3-14-12-16(20-19-14)17(22)18-13-4-8-21(9-5-13)15-6-10-25(23,24)11-7-15/h12-13,15H,2-11H2,1H3,(H,18,22)(H,19,20). The molecule has 2 fully saturated rings. The molecule has 0 unspecified atom stereocenters. The maximum Gasteiger partial charge on any atom is 0.271 e. The molecule has 3 heterocycles. The molecule has 0 aromatic carbocycles. The van der Waals surface area contributed by atoms with Gasteiger partial charge in [-0.05, 0) is 38.2 Å². The number of nitrogens with one attached hydrogen (secondary N) is 2. The third kappa shape index (κ3) is 4.82. The van der Waals surface area contributed by atoms with Crippen LogP contribution >= 0.6 is 0 Å². The van der Waals surface area contributed by atoms with Gasteiger partial charge in [-0.2, -0.15) is 5.10 Å². The van der Waals surface area contributed by atoms with Crippen LogP contribution in [-0.4, -0.2) is 66.1 Å². The first-order valence-electron chi connectivity index (χ1n) is 9.26. The smallest absolute Gasteiger partial charge is 0.271 e. The molecular weight excluding hydrogens is 340 g/mol. The van der Waals surface area contributed by atoms with Crippen LogP contribution in [0, 0.1) is 0 Å². The van der Waals surface area contributed by atoms with E-state index in [4.69, 9.17) is 0 Å². The van der Waals surface area contributed by atoms with Gasteiger partial charge >= 0.3 is 0 Å². The number of aryl methyl sites for hydroxylation is 1. The maximum absolute atomic E-state index is 12.3. The van der Waals surface area contributed by atoms with Crippen molar-refractivity contribution < 1.29 is 13.2 Å². The lowest BCUT2D eigenvalue weighted by atomic mass is 10.0. The Morgan fingerprint density at radius 1 is 1.28 bits per heavy atom. The Bertz CT molecular complexity index is 679. The van der Waals surface area contributed by atoms with Crippen LogP contribution in [0.4, 0.5) is 0 Å². The van der Waals surface area contributed by atoms with Gasteiger partial charge in [-0.3, -0.25) is 9.89 Å². The number of hydrogen-bond acceptors (Lipinski definition) is 5. The van der Waals surface area contributed by atoms with Gasteiger partial charge in [0.2, 0.25) is 0 Å². The lowest BCUT2D eigenvalue weighted by Gasteiger charge is -2.39. The van der Waals surface area contributed by atoms with E-state index in [0.717, 1.165) is 57.3 Å². The number of H-pyrrole nitrogens is 1. The van der Waals surface area contributed by atoms with Crippen LogP contribution in [0.15, 0.2) is 6.07 Å². The molecule has 1 amide bonds. The van der Waals surface area contributed by atoms with Crippen molar-refractivity contribution in [2.75, 3.05) is 24.6 Å². The van der Waals surface area contributed by atoms with Gasteiger partial charge in [0.1, 0.15) is 15.5 Å². The molecule has 1 aromatic rings. The van der Waals surface area contributed by atoms with E-state index in [-0.39, 0.29) is 11.9 Å². The summed E-state index contributed by atoms with van der Waals surface area (Å²) in [5.41, 5.74) is 1.46. The van der Waals surface area contributed by atoms with Crippen molar-refractivity contribution in [3.05, 3.63) is 17.5 Å². The van der Waals surface area contributed by atoms with E-state index in [2.05, 4.69) is 27.3 Å². The van der Waals surface area contributed by atoms with Gasteiger partial charge in [-0.1, -0.05) is 13.3 Å². The summed E-state index contributed by atoms with van der Waals surface area (Å²) in [5.74, 6) is 0.516. The first kappa shape index (κ1) is 18.4. The maximum atomic E-state index is 12.3. The molecule has 0 saturated carbocycles. The minimum Gasteiger partial charge on any atom is -0.348 e. The minimum atomic E-state index is -2.81. The summed E-state index contributed by atoms with van der Waals surface area (Å²) in [4.78, 5) is 14.7. The van der Waals surface area contributed by atoms with Crippen molar-refractivity contribution in [2.45, 2.75) is 57.5 Å². The predicted octanol–water partition coefficient (Wildman–Crippen LogP) is 1.13.